The molecule has 1 aliphatic heterocycles. The van der Waals surface area contributed by atoms with Crippen LogP contribution < -0.4 is 5.73 Å². The molecule has 1 aromatic carbocycles. The van der Waals surface area contributed by atoms with E-state index in [1.807, 2.05) is 19.1 Å². The summed E-state index contributed by atoms with van der Waals surface area (Å²) in [6, 6.07) is 5.54. The number of nitrogens with two attached hydrogens (primary N) is 1. The molecule has 100 valence electrons. The fourth-order valence-electron chi connectivity index (χ4n) is 2.56. The van der Waals surface area contributed by atoms with Gasteiger partial charge < -0.3 is 10.5 Å². The first kappa shape index (κ1) is 12.2. The third kappa shape index (κ3) is 2.10. The summed E-state index contributed by atoms with van der Waals surface area (Å²) in [6.07, 6.45) is 1.79. The molecule has 1 aromatic heterocycles. The van der Waals surface area contributed by atoms with Crippen LogP contribution in [0, 0.1) is 12.8 Å². The topological polar surface area (TPSA) is 70.1 Å². The molecule has 0 spiro atoms. The van der Waals surface area contributed by atoms with E-state index < -0.39 is 0 Å². The number of nitrogens with zero attached hydrogens (tertiary/aromatic N) is 2. The number of anilines is 1. The summed E-state index contributed by atoms with van der Waals surface area (Å²) in [5.41, 5.74) is 8.08. The number of fused-ring (bicyclic) bond motifs is 1. The molecule has 0 radical (unpaired) electrons. The number of benzene rings is 1. The van der Waals surface area contributed by atoms with Crippen molar-refractivity contribution in [2.45, 2.75) is 19.8 Å². The zero-order valence-electron chi connectivity index (χ0n) is 10.9. The van der Waals surface area contributed by atoms with Gasteiger partial charge in [-0.1, -0.05) is 0 Å². The van der Waals surface area contributed by atoms with Crippen LogP contribution in [-0.2, 0) is 4.74 Å². The second kappa shape index (κ2) is 4.66. The van der Waals surface area contributed by atoms with E-state index in [9.17, 15) is 4.79 Å². The standard InChI is InChI=1S/C14H17N3O2/c1-9-12-5-4-11(15)7-13(12)17(16-9)14(18)10-3-2-6-19-8-10/h4-5,7,10H,2-3,6,8,15H2,1H3/t10-/m1/s1. The van der Waals surface area contributed by atoms with Crippen molar-refractivity contribution in [2.24, 2.45) is 5.92 Å². The van der Waals surface area contributed by atoms with E-state index in [1.54, 1.807) is 6.07 Å². The van der Waals surface area contributed by atoms with E-state index in [1.165, 1.54) is 4.68 Å². The maximum atomic E-state index is 12.5. The fraction of sp³-hybridized carbons (Fsp3) is 0.429. The summed E-state index contributed by atoms with van der Waals surface area (Å²) in [7, 11) is 0. The molecule has 2 aromatic rings. The third-order valence-electron chi connectivity index (χ3n) is 3.61. The molecule has 1 saturated heterocycles. The molecule has 0 saturated carbocycles. The Morgan fingerprint density at radius 2 is 2.37 bits per heavy atom. The Bertz CT molecular complexity index is 627. The first-order valence-electron chi connectivity index (χ1n) is 6.53. The van der Waals surface area contributed by atoms with E-state index >= 15 is 0 Å². The van der Waals surface area contributed by atoms with Gasteiger partial charge in [0.15, 0.2) is 0 Å². The van der Waals surface area contributed by atoms with Crippen molar-refractivity contribution in [1.29, 1.82) is 0 Å². The van der Waals surface area contributed by atoms with Gasteiger partial charge in [0, 0.05) is 17.7 Å². The minimum atomic E-state index is -0.0994. The predicted molar refractivity (Wildman–Crippen MR) is 73.1 cm³/mol. The Morgan fingerprint density at radius 1 is 1.53 bits per heavy atom. The zero-order chi connectivity index (χ0) is 13.4. The van der Waals surface area contributed by atoms with Crippen LogP contribution in [0.1, 0.15) is 23.3 Å². The average Bonchev–Trinajstić information content (AvgIpc) is 2.75. The molecule has 1 fully saturated rings. The summed E-state index contributed by atoms with van der Waals surface area (Å²) < 4.78 is 6.87. The van der Waals surface area contributed by atoms with Crippen LogP contribution in [0.15, 0.2) is 18.2 Å². The maximum Gasteiger partial charge on any atom is 0.252 e. The lowest BCUT2D eigenvalue weighted by Gasteiger charge is -2.20. The van der Waals surface area contributed by atoms with Gasteiger partial charge in [0.25, 0.3) is 5.91 Å². The highest BCUT2D eigenvalue weighted by atomic mass is 16.5. The molecule has 0 amide bonds. The number of carbonyl (C=O) groups is 1. The predicted octanol–water partition coefficient (Wildman–Crippen LogP) is 1.99. The number of carbonyl (C=O) groups excluding carboxylic acids is 1. The van der Waals surface area contributed by atoms with Crippen LogP contribution in [0.2, 0.25) is 0 Å². The minimum absolute atomic E-state index is 0.00315. The van der Waals surface area contributed by atoms with Gasteiger partial charge in [-0.05, 0) is 38.0 Å². The number of nitrogen functional groups attached to an aromatic ring is 1. The second-order valence-electron chi connectivity index (χ2n) is 5.03. The molecule has 0 unspecified atom stereocenters. The molecule has 19 heavy (non-hydrogen) atoms. The molecule has 0 bridgehead atoms. The van der Waals surface area contributed by atoms with E-state index in [0.29, 0.717) is 12.3 Å². The van der Waals surface area contributed by atoms with Gasteiger partial charge in [0.1, 0.15) is 0 Å². The first-order valence-corrected chi connectivity index (χ1v) is 6.53. The molecule has 2 heterocycles. The van der Waals surface area contributed by atoms with Crippen molar-refractivity contribution in [3.63, 3.8) is 0 Å². The molecule has 2 N–H and O–H groups in total. The van der Waals surface area contributed by atoms with Gasteiger partial charge in [-0.3, -0.25) is 4.79 Å². The fourth-order valence-corrected chi connectivity index (χ4v) is 2.56. The Balaban J connectivity index is 2.04. The maximum absolute atomic E-state index is 12.5. The minimum Gasteiger partial charge on any atom is -0.399 e. The SMILES string of the molecule is Cc1nn(C(=O)[C@@H]2CCCOC2)c2cc(N)ccc12. The Hall–Kier alpha value is -1.88. The number of aromatic nitrogens is 2. The monoisotopic (exact) mass is 259 g/mol. The van der Waals surface area contributed by atoms with Crippen LogP contribution in [0.3, 0.4) is 0 Å². The van der Waals surface area contributed by atoms with Crippen LogP contribution in [0.25, 0.3) is 10.9 Å². The van der Waals surface area contributed by atoms with E-state index in [-0.39, 0.29) is 11.8 Å². The molecule has 5 heteroatoms. The van der Waals surface area contributed by atoms with Crippen LogP contribution in [-0.4, -0.2) is 28.9 Å². The lowest BCUT2D eigenvalue weighted by molar-refractivity contribution is 0.0395. The Kier molecular flexibility index (Phi) is 2.98. The molecule has 0 aliphatic carbocycles. The molecular formula is C14H17N3O2. The van der Waals surface area contributed by atoms with Crippen LogP contribution in [0.4, 0.5) is 5.69 Å². The molecule has 5 nitrogen and oxygen atoms in total. The number of rotatable bonds is 1. The van der Waals surface area contributed by atoms with E-state index in [2.05, 4.69) is 5.10 Å². The molecule has 1 atom stereocenters. The zero-order valence-corrected chi connectivity index (χ0v) is 10.9. The number of aryl methyl sites for hydroxylation is 1. The average molecular weight is 259 g/mol. The Morgan fingerprint density at radius 3 is 3.11 bits per heavy atom. The highest BCUT2D eigenvalue weighted by Gasteiger charge is 2.25. The van der Waals surface area contributed by atoms with Gasteiger partial charge in [0.05, 0.1) is 23.7 Å². The summed E-state index contributed by atoms with van der Waals surface area (Å²) in [5.74, 6) is -0.0962. The number of ether oxygens (including phenoxy) is 1. The van der Waals surface area contributed by atoms with Gasteiger partial charge in [-0.2, -0.15) is 9.78 Å². The van der Waals surface area contributed by atoms with Crippen molar-refractivity contribution in [3.05, 3.63) is 23.9 Å². The summed E-state index contributed by atoms with van der Waals surface area (Å²) in [5, 5.41) is 5.33. The van der Waals surface area contributed by atoms with Crippen molar-refractivity contribution in [3.8, 4) is 0 Å². The highest BCUT2D eigenvalue weighted by Crippen LogP contribution is 2.23. The van der Waals surface area contributed by atoms with Gasteiger partial charge in [0.2, 0.25) is 0 Å². The normalized spacial score (nSPS) is 19.7. The quantitative estimate of drug-likeness (QED) is 0.795. The summed E-state index contributed by atoms with van der Waals surface area (Å²) in [6.45, 7) is 3.14. The first-order chi connectivity index (χ1) is 9.16. The van der Waals surface area contributed by atoms with Gasteiger partial charge in [-0.25, -0.2) is 0 Å². The largest absolute Gasteiger partial charge is 0.399 e. The second-order valence-corrected chi connectivity index (χ2v) is 5.03. The summed E-state index contributed by atoms with van der Waals surface area (Å²) >= 11 is 0. The lowest BCUT2D eigenvalue weighted by Crippen LogP contribution is -2.30. The Labute approximate surface area is 111 Å². The van der Waals surface area contributed by atoms with Crippen molar-refractivity contribution >= 4 is 22.5 Å². The molecule has 1 aliphatic rings. The van der Waals surface area contributed by atoms with Crippen molar-refractivity contribution in [1.82, 2.24) is 9.78 Å². The molecular weight excluding hydrogens is 242 g/mol. The van der Waals surface area contributed by atoms with Crippen LogP contribution in [0.5, 0.6) is 0 Å². The lowest BCUT2D eigenvalue weighted by atomic mass is 10.0. The third-order valence-corrected chi connectivity index (χ3v) is 3.61. The van der Waals surface area contributed by atoms with E-state index in [4.69, 9.17) is 10.5 Å². The van der Waals surface area contributed by atoms with Gasteiger partial charge in [-0.15, -0.1) is 0 Å². The smallest absolute Gasteiger partial charge is 0.252 e. The van der Waals surface area contributed by atoms with Crippen molar-refractivity contribution in [2.75, 3.05) is 18.9 Å². The van der Waals surface area contributed by atoms with Crippen molar-refractivity contribution < 1.29 is 9.53 Å². The molecule has 3 rings (SSSR count). The number of hydrogen-bond acceptors (Lipinski definition) is 4. The highest BCUT2D eigenvalue weighted by molar-refractivity contribution is 5.94. The van der Waals surface area contributed by atoms with E-state index in [0.717, 1.165) is 36.0 Å². The van der Waals surface area contributed by atoms with Crippen LogP contribution >= 0.6 is 0 Å². The van der Waals surface area contributed by atoms with Gasteiger partial charge >= 0.3 is 0 Å². The number of hydrogen-bond donors (Lipinski definition) is 1. The summed E-state index contributed by atoms with van der Waals surface area (Å²) in [4.78, 5) is 12.5.